The fourth-order valence-corrected chi connectivity index (χ4v) is 3.10. The van der Waals surface area contributed by atoms with E-state index in [1.54, 1.807) is 0 Å². The maximum atomic E-state index is 5.50. The van der Waals surface area contributed by atoms with Crippen LogP contribution in [0.3, 0.4) is 0 Å². The van der Waals surface area contributed by atoms with Crippen molar-refractivity contribution in [3.05, 3.63) is 0 Å². The van der Waals surface area contributed by atoms with Gasteiger partial charge in [-0.1, -0.05) is 27.7 Å². The molecular weight excluding hydrogens is 224 g/mol. The van der Waals surface area contributed by atoms with E-state index in [0.29, 0.717) is 16.9 Å². The Kier molecular flexibility index (Phi) is 4.35. The number of rotatable bonds is 2. The third-order valence-corrected chi connectivity index (χ3v) is 4.61. The zero-order chi connectivity index (χ0) is 13.2. The molecule has 1 unspecified atom stereocenters. The largest absolute Gasteiger partial charge is 0.381 e. The van der Waals surface area contributed by atoms with Crippen LogP contribution in [0.25, 0.3) is 0 Å². The predicted octanol–water partition coefficient (Wildman–Crippen LogP) is 2.12. The molecule has 0 aliphatic carbocycles. The van der Waals surface area contributed by atoms with Gasteiger partial charge in [-0.3, -0.25) is 4.90 Å². The van der Waals surface area contributed by atoms with Gasteiger partial charge in [0.1, 0.15) is 0 Å². The van der Waals surface area contributed by atoms with Gasteiger partial charge in [-0.15, -0.1) is 0 Å². The summed E-state index contributed by atoms with van der Waals surface area (Å²) in [6.45, 7) is 16.1. The highest BCUT2D eigenvalue weighted by molar-refractivity contribution is 4.90. The van der Waals surface area contributed by atoms with Crippen LogP contribution in [0.15, 0.2) is 0 Å². The van der Waals surface area contributed by atoms with E-state index < -0.39 is 0 Å². The molecule has 3 heteroatoms. The van der Waals surface area contributed by atoms with Crippen LogP contribution >= 0.6 is 0 Å². The minimum atomic E-state index is 0.356. The summed E-state index contributed by atoms with van der Waals surface area (Å²) >= 11 is 0. The standard InChI is InChI=1S/C15H30N2O/c1-14(2,3)13-11-17(8-7-16-13)12-15(4)5-9-18-10-6-15/h13,16H,5-12H2,1-4H3. The lowest BCUT2D eigenvalue weighted by molar-refractivity contribution is -0.00331. The second-order valence-electron chi connectivity index (χ2n) is 7.53. The van der Waals surface area contributed by atoms with Gasteiger partial charge in [-0.05, 0) is 23.7 Å². The Morgan fingerprint density at radius 1 is 1.28 bits per heavy atom. The molecule has 0 aromatic carbocycles. The monoisotopic (exact) mass is 254 g/mol. The van der Waals surface area contributed by atoms with Crippen LogP contribution in [-0.2, 0) is 4.74 Å². The van der Waals surface area contributed by atoms with Gasteiger partial charge in [0, 0.05) is 45.4 Å². The van der Waals surface area contributed by atoms with Gasteiger partial charge in [0.25, 0.3) is 0 Å². The first kappa shape index (κ1) is 14.3. The Hall–Kier alpha value is -0.120. The molecule has 2 saturated heterocycles. The van der Waals surface area contributed by atoms with E-state index in [9.17, 15) is 0 Å². The fraction of sp³-hybridized carbons (Fsp3) is 1.00. The Balaban J connectivity index is 1.89. The summed E-state index contributed by atoms with van der Waals surface area (Å²) in [5, 5.41) is 3.67. The SMILES string of the molecule is CC1(CN2CCNC(C(C)(C)C)C2)CCOCC1. The van der Waals surface area contributed by atoms with Crippen molar-refractivity contribution >= 4 is 0 Å². The van der Waals surface area contributed by atoms with Crippen LogP contribution in [-0.4, -0.2) is 50.3 Å². The molecule has 3 nitrogen and oxygen atoms in total. The third kappa shape index (κ3) is 3.69. The summed E-state index contributed by atoms with van der Waals surface area (Å²) in [6, 6.07) is 0.620. The smallest absolute Gasteiger partial charge is 0.0471 e. The van der Waals surface area contributed by atoms with Crippen molar-refractivity contribution in [3.63, 3.8) is 0 Å². The van der Waals surface area contributed by atoms with Crippen molar-refractivity contribution in [1.82, 2.24) is 10.2 Å². The normalized spacial score (nSPS) is 30.3. The van der Waals surface area contributed by atoms with Crippen LogP contribution < -0.4 is 5.32 Å². The van der Waals surface area contributed by atoms with Gasteiger partial charge in [0.05, 0.1) is 0 Å². The molecule has 2 heterocycles. The number of hydrogen-bond acceptors (Lipinski definition) is 3. The van der Waals surface area contributed by atoms with E-state index in [4.69, 9.17) is 4.74 Å². The predicted molar refractivity (Wildman–Crippen MR) is 75.8 cm³/mol. The van der Waals surface area contributed by atoms with Crippen LogP contribution in [0.4, 0.5) is 0 Å². The number of hydrogen-bond donors (Lipinski definition) is 1. The Morgan fingerprint density at radius 3 is 2.56 bits per heavy atom. The van der Waals surface area contributed by atoms with Gasteiger partial charge in [-0.25, -0.2) is 0 Å². The van der Waals surface area contributed by atoms with Crippen molar-refractivity contribution in [2.45, 2.75) is 46.6 Å². The lowest BCUT2D eigenvalue weighted by Crippen LogP contribution is -2.57. The Morgan fingerprint density at radius 2 is 1.94 bits per heavy atom. The molecule has 2 aliphatic heterocycles. The van der Waals surface area contributed by atoms with Gasteiger partial charge in [0.15, 0.2) is 0 Å². The molecule has 2 fully saturated rings. The summed E-state index contributed by atoms with van der Waals surface area (Å²) in [5.74, 6) is 0. The average molecular weight is 254 g/mol. The van der Waals surface area contributed by atoms with Crippen LogP contribution in [0.5, 0.6) is 0 Å². The molecule has 18 heavy (non-hydrogen) atoms. The summed E-state index contributed by atoms with van der Waals surface area (Å²) < 4.78 is 5.50. The van der Waals surface area contributed by atoms with Crippen molar-refractivity contribution in [2.75, 3.05) is 39.4 Å². The first-order chi connectivity index (χ1) is 8.39. The van der Waals surface area contributed by atoms with E-state index in [2.05, 4.69) is 37.9 Å². The van der Waals surface area contributed by atoms with Gasteiger partial charge in [0.2, 0.25) is 0 Å². The molecule has 1 N–H and O–H groups in total. The van der Waals surface area contributed by atoms with Gasteiger partial charge in [-0.2, -0.15) is 0 Å². The summed E-state index contributed by atoms with van der Waals surface area (Å²) in [6.07, 6.45) is 2.44. The van der Waals surface area contributed by atoms with Gasteiger partial charge >= 0.3 is 0 Å². The van der Waals surface area contributed by atoms with E-state index >= 15 is 0 Å². The summed E-state index contributed by atoms with van der Waals surface area (Å²) in [7, 11) is 0. The Labute approximate surface area is 112 Å². The molecule has 2 aliphatic rings. The topological polar surface area (TPSA) is 24.5 Å². The van der Waals surface area contributed by atoms with E-state index in [0.717, 1.165) is 19.8 Å². The number of ether oxygens (including phenoxy) is 1. The number of nitrogens with zero attached hydrogens (tertiary/aromatic N) is 1. The second-order valence-corrected chi connectivity index (χ2v) is 7.53. The molecule has 0 aromatic heterocycles. The molecule has 0 aromatic rings. The third-order valence-electron chi connectivity index (χ3n) is 4.61. The zero-order valence-corrected chi connectivity index (χ0v) is 12.6. The number of piperazine rings is 1. The second kappa shape index (κ2) is 5.48. The maximum Gasteiger partial charge on any atom is 0.0471 e. The molecule has 0 saturated carbocycles. The maximum absolute atomic E-state index is 5.50. The Bertz CT molecular complexity index is 266. The van der Waals surface area contributed by atoms with Crippen molar-refractivity contribution < 1.29 is 4.74 Å². The van der Waals surface area contributed by atoms with E-state index in [-0.39, 0.29) is 0 Å². The summed E-state index contributed by atoms with van der Waals surface area (Å²) in [4.78, 5) is 2.66. The highest BCUT2D eigenvalue weighted by Gasteiger charge is 2.34. The van der Waals surface area contributed by atoms with E-state index in [1.165, 1.54) is 32.5 Å². The molecule has 0 radical (unpaired) electrons. The minimum absolute atomic E-state index is 0.356. The highest BCUT2D eigenvalue weighted by Crippen LogP contribution is 2.32. The lowest BCUT2D eigenvalue weighted by atomic mass is 9.80. The lowest BCUT2D eigenvalue weighted by Gasteiger charge is -2.44. The van der Waals surface area contributed by atoms with E-state index in [1.807, 2.05) is 0 Å². The average Bonchev–Trinajstić information content (AvgIpc) is 2.28. The molecule has 2 rings (SSSR count). The van der Waals surface area contributed by atoms with Crippen molar-refractivity contribution in [2.24, 2.45) is 10.8 Å². The highest BCUT2D eigenvalue weighted by atomic mass is 16.5. The number of nitrogens with one attached hydrogen (secondary N) is 1. The zero-order valence-electron chi connectivity index (χ0n) is 12.6. The molecule has 0 spiro atoms. The van der Waals surface area contributed by atoms with Crippen molar-refractivity contribution in [1.29, 1.82) is 0 Å². The molecular formula is C15H30N2O. The fourth-order valence-electron chi connectivity index (χ4n) is 3.10. The minimum Gasteiger partial charge on any atom is -0.381 e. The summed E-state index contributed by atoms with van der Waals surface area (Å²) in [5.41, 5.74) is 0.827. The van der Waals surface area contributed by atoms with Crippen LogP contribution in [0.2, 0.25) is 0 Å². The van der Waals surface area contributed by atoms with Gasteiger partial charge < -0.3 is 10.1 Å². The van der Waals surface area contributed by atoms with Crippen LogP contribution in [0.1, 0.15) is 40.5 Å². The first-order valence-corrected chi connectivity index (χ1v) is 7.43. The first-order valence-electron chi connectivity index (χ1n) is 7.43. The quantitative estimate of drug-likeness (QED) is 0.817. The molecule has 0 amide bonds. The van der Waals surface area contributed by atoms with Crippen LogP contribution in [0, 0.1) is 10.8 Å². The molecule has 1 atom stereocenters. The molecule has 0 bridgehead atoms. The van der Waals surface area contributed by atoms with Crippen molar-refractivity contribution in [3.8, 4) is 0 Å². The molecule has 106 valence electrons.